The van der Waals surface area contributed by atoms with Gasteiger partial charge in [-0.3, -0.25) is 9.36 Å². The minimum Gasteiger partial charge on any atom is -0.480 e. The van der Waals surface area contributed by atoms with Crippen molar-refractivity contribution in [1.29, 1.82) is 0 Å². The summed E-state index contributed by atoms with van der Waals surface area (Å²) in [5.41, 5.74) is 3.27. The second-order valence-corrected chi connectivity index (χ2v) is 8.00. The lowest BCUT2D eigenvalue weighted by molar-refractivity contribution is 0.321. The summed E-state index contributed by atoms with van der Waals surface area (Å²) < 4.78 is 8.68. The van der Waals surface area contributed by atoms with E-state index in [2.05, 4.69) is 5.10 Å². The predicted molar refractivity (Wildman–Crippen MR) is 130 cm³/mol. The van der Waals surface area contributed by atoms with Gasteiger partial charge in [0.1, 0.15) is 16.7 Å². The Bertz CT molecular complexity index is 1620. The summed E-state index contributed by atoms with van der Waals surface area (Å²) in [5, 5.41) is 5.51. The molecule has 8 nitrogen and oxygen atoms in total. The van der Waals surface area contributed by atoms with Crippen LogP contribution in [0.2, 0.25) is 5.02 Å². The summed E-state index contributed by atoms with van der Waals surface area (Å²) in [6.45, 7) is 6.19. The monoisotopic (exact) mass is 460 g/mol. The SMILES string of the molecule is CCOC(C)=Nn1c2nc3ccccc3nc2c2c(=O)n(Cc3ccccc3Cl)c(C)nc21. The molecule has 2 aromatic carbocycles. The molecule has 9 heteroatoms. The lowest BCUT2D eigenvalue weighted by atomic mass is 10.2. The fourth-order valence-electron chi connectivity index (χ4n) is 3.87. The van der Waals surface area contributed by atoms with Gasteiger partial charge in [0, 0.05) is 11.9 Å². The largest absolute Gasteiger partial charge is 0.480 e. The minimum atomic E-state index is -0.227. The average Bonchev–Trinajstić information content (AvgIpc) is 3.08. The molecule has 5 rings (SSSR count). The molecule has 5 aromatic rings. The van der Waals surface area contributed by atoms with Gasteiger partial charge in [0.05, 0.1) is 24.2 Å². The molecule has 0 saturated carbocycles. The molecular weight excluding hydrogens is 440 g/mol. The normalized spacial score (nSPS) is 12.2. The van der Waals surface area contributed by atoms with Crippen molar-refractivity contribution in [1.82, 2.24) is 24.2 Å². The number of halogens is 1. The Morgan fingerprint density at radius 1 is 1.03 bits per heavy atom. The smallest absolute Gasteiger partial charge is 0.265 e. The molecule has 0 aliphatic carbocycles. The number of para-hydroxylation sites is 2. The molecule has 0 fully saturated rings. The molecule has 0 bridgehead atoms. The number of aromatic nitrogens is 5. The molecule has 0 radical (unpaired) electrons. The molecule has 0 aliphatic rings. The van der Waals surface area contributed by atoms with Gasteiger partial charge in [-0.25, -0.2) is 15.0 Å². The van der Waals surface area contributed by atoms with E-state index in [4.69, 9.17) is 31.3 Å². The zero-order valence-corrected chi connectivity index (χ0v) is 19.2. The van der Waals surface area contributed by atoms with Crippen LogP contribution in [0.25, 0.3) is 33.2 Å². The van der Waals surface area contributed by atoms with E-state index >= 15 is 0 Å². The van der Waals surface area contributed by atoms with Crippen LogP contribution in [-0.2, 0) is 11.3 Å². The second kappa shape index (κ2) is 8.29. The molecule has 0 unspecified atom stereocenters. The maximum atomic E-state index is 13.8. The number of hydrogen-bond donors (Lipinski definition) is 0. The molecular formula is C24H21ClN6O2. The van der Waals surface area contributed by atoms with E-state index in [9.17, 15) is 4.79 Å². The van der Waals surface area contributed by atoms with Crippen molar-refractivity contribution in [2.24, 2.45) is 5.10 Å². The van der Waals surface area contributed by atoms with Crippen LogP contribution in [0, 0.1) is 6.92 Å². The summed E-state index contributed by atoms with van der Waals surface area (Å²) >= 11 is 6.35. The second-order valence-electron chi connectivity index (χ2n) is 7.59. The summed E-state index contributed by atoms with van der Waals surface area (Å²) in [6, 6.07) is 15.0. The van der Waals surface area contributed by atoms with Gasteiger partial charge >= 0.3 is 0 Å². The summed E-state index contributed by atoms with van der Waals surface area (Å²) in [7, 11) is 0. The van der Waals surface area contributed by atoms with Gasteiger partial charge in [-0.05, 0) is 37.6 Å². The van der Waals surface area contributed by atoms with Crippen LogP contribution >= 0.6 is 11.6 Å². The number of benzene rings is 2. The van der Waals surface area contributed by atoms with Crippen LogP contribution in [0.1, 0.15) is 25.2 Å². The van der Waals surface area contributed by atoms with E-state index in [1.165, 1.54) is 0 Å². The van der Waals surface area contributed by atoms with Gasteiger partial charge in [-0.1, -0.05) is 41.9 Å². The van der Waals surface area contributed by atoms with E-state index in [1.807, 2.05) is 49.4 Å². The van der Waals surface area contributed by atoms with E-state index < -0.39 is 0 Å². The molecule has 0 aliphatic heterocycles. The van der Waals surface area contributed by atoms with Crippen LogP contribution in [-0.4, -0.2) is 36.7 Å². The molecule has 33 heavy (non-hydrogen) atoms. The van der Waals surface area contributed by atoms with Gasteiger partial charge < -0.3 is 4.74 Å². The van der Waals surface area contributed by atoms with Crippen molar-refractivity contribution in [2.45, 2.75) is 27.3 Å². The highest BCUT2D eigenvalue weighted by Crippen LogP contribution is 2.26. The fraction of sp³-hybridized carbons (Fsp3) is 0.208. The highest BCUT2D eigenvalue weighted by atomic mass is 35.5. The Morgan fingerprint density at radius 2 is 1.73 bits per heavy atom. The van der Waals surface area contributed by atoms with Gasteiger partial charge in [0.15, 0.2) is 11.3 Å². The van der Waals surface area contributed by atoms with Crippen molar-refractivity contribution in [3.63, 3.8) is 0 Å². The third kappa shape index (κ3) is 3.62. The Morgan fingerprint density at radius 3 is 2.45 bits per heavy atom. The van der Waals surface area contributed by atoms with E-state index in [0.29, 0.717) is 63.1 Å². The molecule has 3 heterocycles. The molecule has 0 amide bonds. The van der Waals surface area contributed by atoms with Crippen LogP contribution in [0.5, 0.6) is 0 Å². The fourth-order valence-corrected chi connectivity index (χ4v) is 4.07. The first kappa shape index (κ1) is 21.1. The van der Waals surface area contributed by atoms with Crippen LogP contribution in [0.4, 0.5) is 0 Å². The van der Waals surface area contributed by atoms with Crippen LogP contribution < -0.4 is 5.56 Å². The van der Waals surface area contributed by atoms with Crippen molar-refractivity contribution >= 4 is 50.7 Å². The Labute approximate surface area is 194 Å². The minimum absolute atomic E-state index is 0.227. The predicted octanol–water partition coefficient (Wildman–Crippen LogP) is 4.52. The Kier molecular flexibility index (Phi) is 5.30. The lowest BCUT2D eigenvalue weighted by Gasteiger charge is -2.11. The van der Waals surface area contributed by atoms with E-state index in [0.717, 1.165) is 5.56 Å². The zero-order chi connectivity index (χ0) is 23.1. The van der Waals surface area contributed by atoms with Crippen LogP contribution in [0.3, 0.4) is 0 Å². The Balaban J connectivity index is 1.86. The highest BCUT2D eigenvalue weighted by molar-refractivity contribution is 6.31. The van der Waals surface area contributed by atoms with E-state index in [-0.39, 0.29) is 5.56 Å². The average molecular weight is 461 g/mol. The first-order chi connectivity index (χ1) is 16.0. The van der Waals surface area contributed by atoms with E-state index in [1.54, 1.807) is 29.2 Å². The first-order valence-corrected chi connectivity index (χ1v) is 11.0. The molecule has 166 valence electrons. The number of aryl methyl sites for hydroxylation is 1. The number of rotatable bonds is 4. The quantitative estimate of drug-likeness (QED) is 0.290. The van der Waals surface area contributed by atoms with Gasteiger partial charge in [-0.2, -0.15) is 4.68 Å². The number of nitrogens with zero attached hydrogens (tertiary/aromatic N) is 6. The van der Waals surface area contributed by atoms with Crippen molar-refractivity contribution < 1.29 is 4.74 Å². The summed E-state index contributed by atoms with van der Waals surface area (Å²) in [5.74, 6) is 0.969. The summed E-state index contributed by atoms with van der Waals surface area (Å²) in [6.07, 6.45) is 0. The maximum Gasteiger partial charge on any atom is 0.265 e. The first-order valence-electron chi connectivity index (χ1n) is 10.6. The molecule has 0 saturated heterocycles. The highest BCUT2D eigenvalue weighted by Gasteiger charge is 2.22. The third-order valence-electron chi connectivity index (χ3n) is 5.41. The maximum absolute atomic E-state index is 13.8. The Hall–Kier alpha value is -3.78. The molecule has 3 aromatic heterocycles. The van der Waals surface area contributed by atoms with Gasteiger partial charge in [-0.15, -0.1) is 5.10 Å². The number of fused-ring (bicyclic) bond motifs is 4. The lowest BCUT2D eigenvalue weighted by Crippen LogP contribution is -2.24. The third-order valence-corrected chi connectivity index (χ3v) is 5.78. The standard InChI is InChI=1S/C24H21ClN6O2/c1-4-33-15(3)29-31-22-20(21-23(31)28-19-12-8-7-11-18(19)27-21)24(32)30(14(2)26-22)13-16-9-5-6-10-17(16)25/h5-12H,4,13H2,1-3H3. The van der Waals surface area contributed by atoms with Crippen molar-refractivity contribution in [3.8, 4) is 0 Å². The zero-order valence-electron chi connectivity index (χ0n) is 18.4. The number of ether oxygens (including phenoxy) is 1. The van der Waals surface area contributed by atoms with Crippen LogP contribution in [0.15, 0.2) is 58.4 Å². The molecule has 0 spiro atoms. The van der Waals surface area contributed by atoms with Gasteiger partial charge in [0.2, 0.25) is 5.90 Å². The topological polar surface area (TPSA) is 87.2 Å². The van der Waals surface area contributed by atoms with Crippen molar-refractivity contribution in [3.05, 3.63) is 75.3 Å². The molecule has 0 atom stereocenters. The van der Waals surface area contributed by atoms with Gasteiger partial charge in [0.25, 0.3) is 5.56 Å². The van der Waals surface area contributed by atoms with Crippen molar-refractivity contribution in [2.75, 3.05) is 6.61 Å². The summed E-state index contributed by atoms with van der Waals surface area (Å²) in [4.78, 5) is 28.0. The molecule has 0 N–H and O–H groups in total. The number of hydrogen-bond acceptors (Lipinski definition) is 6.